The summed E-state index contributed by atoms with van der Waals surface area (Å²) in [6, 6.07) is 2.47. The molecule has 10 heteroatoms. The van der Waals surface area contributed by atoms with Gasteiger partial charge in [-0.15, -0.1) is 0 Å². The third-order valence-electron chi connectivity index (χ3n) is 3.01. The van der Waals surface area contributed by atoms with E-state index in [0.717, 1.165) is 6.07 Å². The second-order valence-electron chi connectivity index (χ2n) is 4.34. The van der Waals surface area contributed by atoms with Gasteiger partial charge in [-0.25, -0.2) is 0 Å². The molecule has 130 valence electrons. The molecule has 1 aromatic carbocycles. The van der Waals surface area contributed by atoms with Crippen LogP contribution in [0.5, 0.6) is 11.5 Å². The molecule has 2 N–H and O–H groups in total. The first-order valence-electron chi connectivity index (χ1n) is 6.89. The molecular weight excluding hydrogens is 327 g/mol. The van der Waals surface area contributed by atoms with Crippen molar-refractivity contribution in [3.63, 3.8) is 0 Å². The number of nitro benzene ring substituents is 1. The van der Waals surface area contributed by atoms with Crippen molar-refractivity contribution in [2.45, 2.75) is 19.6 Å². The van der Waals surface area contributed by atoms with Gasteiger partial charge in [0.2, 0.25) is 0 Å². The predicted molar refractivity (Wildman–Crippen MR) is 84.0 cm³/mol. The lowest BCUT2D eigenvalue weighted by Gasteiger charge is -2.23. The summed E-state index contributed by atoms with van der Waals surface area (Å²) in [5.74, 6) is -0.941. The Morgan fingerprint density at radius 1 is 1.17 bits per heavy atom. The van der Waals surface area contributed by atoms with Crippen LogP contribution in [0.25, 0.3) is 0 Å². The summed E-state index contributed by atoms with van der Waals surface area (Å²) in [4.78, 5) is 10.7. The van der Waals surface area contributed by atoms with Crippen LogP contribution in [0.3, 0.4) is 0 Å². The van der Waals surface area contributed by atoms with E-state index in [4.69, 9.17) is 24.3 Å². The number of hydrogen-bond acceptors (Lipinski definition) is 8. The molecule has 0 saturated carbocycles. The van der Waals surface area contributed by atoms with Crippen LogP contribution < -0.4 is 15.2 Å². The van der Waals surface area contributed by atoms with Crippen LogP contribution in [0.15, 0.2) is 12.1 Å². The molecule has 1 rings (SSSR count). The quantitative estimate of drug-likeness (QED) is 0.410. The number of hydrogen-bond donors (Lipinski definition) is 1. The van der Waals surface area contributed by atoms with Gasteiger partial charge in [0.1, 0.15) is 5.78 Å². The van der Waals surface area contributed by atoms with Crippen LogP contribution in [-0.2, 0) is 13.6 Å². The molecule has 1 aromatic rings. The first-order valence-corrected chi connectivity index (χ1v) is 8.50. The Morgan fingerprint density at radius 2 is 1.65 bits per heavy atom. The lowest BCUT2D eigenvalue weighted by Crippen LogP contribution is -2.17. The maximum Gasteiger partial charge on any atom is 0.351 e. The van der Waals surface area contributed by atoms with E-state index in [0.29, 0.717) is 0 Å². The van der Waals surface area contributed by atoms with Crippen molar-refractivity contribution in [1.29, 1.82) is 0 Å². The first-order chi connectivity index (χ1) is 10.8. The van der Waals surface area contributed by atoms with E-state index in [1.165, 1.54) is 20.3 Å². The Hall–Kier alpha value is -1.67. The fourth-order valence-corrected chi connectivity index (χ4v) is 3.67. The Balaban J connectivity index is 3.49. The zero-order valence-corrected chi connectivity index (χ0v) is 14.4. The van der Waals surface area contributed by atoms with Crippen molar-refractivity contribution < 1.29 is 28.0 Å². The van der Waals surface area contributed by atoms with E-state index in [1.807, 2.05) is 0 Å². The number of methoxy groups -OCH3 is 2. The normalized spacial score (nSPS) is 12.7. The van der Waals surface area contributed by atoms with Crippen LogP contribution in [0.1, 0.15) is 25.2 Å². The van der Waals surface area contributed by atoms with Crippen LogP contribution in [0, 0.1) is 10.1 Å². The summed E-state index contributed by atoms with van der Waals surface area (Å²) in [5, 5.41) is 11.3. The molecule has 0 amide bonds. The molecule has 0 aromatic heterocycles. The molecule has 0 unspecified atom stereocenters. The lowest BCUT2D eigenvalue weighted by molar-refractivity contribution is -0.385. The van der Waals surface area contributed by atoms with Crippen LogP contribution >= 0.6 is 7.60 Å². The summed E-state index contributed by atoms with van der Waals surface area (Å²) < 4.78 is 33.3. The highest BCUT2D eigenvalue weighted by molar-refractivity contribution is 7.54. The minimum atomic E-state index is -3.78. The number of nitrogens with two attached hydrogens (primary N) is 1. The third kappa shape index (κ3) is 4.20. The molecular formula is C13H21N2O7P. The SMILES string of the molecule is CCOP(=O)(OCC)[C@@H](N)c1cc(OC)c(OC)cc1[N+](=O)[O-]. The van der Waals surface area contributed by atoms with Gasteiger partial charge in [0.25, 0.3) is 5.69 Å². The zero-order chi connectivity index (χ0) is 17.6. The molecule has 0 saturated heterocycles. The van der Waals surface area contributed by atoms with E-state index < -0.39 is 18.3 Å². The summed E-state index contributed by atoms with van der Waals surface area (Å²) in [5.41, 5.74) is 5.62. The molecule has 23 heavy (non-hydrogen) atoms. The van der Waals surface area contributed by atoms with Crippen molar-refractivity contribution in [3.05, 3.63) is 27.8 Å². The summed E-state index contributed by atoms with van der Waals surface area (Å²) in [6.45, 7) is 3.43. The van der Waals surface area contributed by atoms with Crippen molar-refractivity contribution in [1.82, 2.24) is 0 Å². The third-order valence-corrected chi connectivity index (χ3v) is 5.20. The van der Waals surface area contributed by atoms with Gasteiger partial charge in [-0.1, -0.05) is 0 Å². The van der Waals surface area contributed by atoms with Crippen LogP contribution in [0.4, 0.5) is 5.69 Å². The number of nitrogens with zero attached hydrogens (tertiary/aromatic N) is 1. The fourth-order valence-electron chi connectivity index (χ4n) is 2.01. The van der Waals surface area contributed by atoms with Crippen molar-refractivity contribution in [3.8, 4) is 11.5 Å². The Labute approximate surface area is 134 Å². The summed E-state index contributed by atoms with van der Waals surface area (Å²) in [7, 11) is -1.04. The van der Waals surface area contributed by atoms with Gasteiger partial charge in [-0.2, -0.15) is 0 Å². The largest absolute Gasteiger partial charge is 0.493 e. The molecule has 0 aliphatic heterocycles. The van der Waals surface area contributed by atoms with E-state index >= 15 is 0 Å². The monoisotopic (exact) mass is 348 g/mol. The van der Waals surface area contributed by atoms with Crippen molar-refractivity contribution in [2.75, 3.05) is 27.4 Å². The van der Waals surface area contributed by atoms with Crippen LogP contribution in [-0.4, -0.2) is 32.4 Å². The standard InChI is InChI=1S/C13H21N2O7P/c1-5-21-23(18,22-6-2)13(14)9-7-11(19-3)12(20-4)8-10(9)15(16)17/h7-8,13H,5-6,14H2,1-4H3/t13-/m1/s1. The van der Waals surface area contributed by atoms with Gasteiger partial charge in [-0.05, 0) is 19.9 Å². The summed E-state index contributed by atoms with van der Waals surface area (Å²) >= 11 is 0. The molecule has 0 aliphatic rings. The van der Waals surface area contributed by atoms with E-state index in [9.17, 15) is 14.7 Å². The minimum Gasteiger partial charge on any atom is -0.493 e. The highest BCUT2D eigenvalue weighted by atomic mass is 31.2. The topological polar surface area (TPSA) is 123 Å². The van der Waals surface area contributed by atoms with Gasteiger partial charge in [0, 0.05) is 0 Å². The molecule has 9 nitrogen and oxygen atoms in total. The summed E-state index contributed by atoms with van der Waals surface area (Å²) in [6.07, 6.45) is 0. The van der Waals surface area contributed by atoms with Gasteiger partial charge in [-0.3, -0.25) is 14.7 Å². The van der Waals surface area contributed by atoms with E-state index in [-0.39, 0.29) is 36.0 Å². The second-order valence-corrected chi connectivity index (χ2v) is 6.50. The van der Waals surface area contributed by atoms with Gasteiger partial charge >= 0.3 is 7.60 Å². The minimum absolute atomic E-state index is 0.0158. The van der Waals surface area contributed by atoms with Crippen molar-refractivity contribution >= 4 is 13.3 Å². The molecule has 0 aliphatic carbocycles. The number of benzene rings is 1. The number of rotatable bonds is 9. The van der Waals surface area contributed by atoms with Crippen LogP contribution in [0.2, 0.25) is 0 Å². The molecule has 1 atom stereocenters. The zero-order valence-electron chi connectivity index (χ0n) is 13.5. The fraction of sp³-hybridized carbons (Fsp3) is 0.538. The van der Waals surface area contributed by atoms with Crippen molar-refractivity contribution in [2.24, 2.45) is 5.73 Å². The average Bonchev–Trinajstić information content (AvgIpc) is 2.53. The maximum atomic E-state index is 12.8. The molecule has 0 radical (unpaired) electrons. The van der Waals surface area contributed by atoms with Gasteiger partial charge in [0.05, 0.1) is 44.0 Å². The average molecular weight is 348 g/mol. The molecule has 0 bridgehead atoms. The Bertz CT molecular complexity index is 598. The maximum absolute atomic E-state index is 12.8. The second kappa shape index (κ2) is 8.26. The van der Waals surface area contributed by atoms with E-state index in [1.54, 1.807) is 13.8 Å². The van der Waals surface area contributed by atoms with Gasteiger partial charge < -0.3 is 24.3 Å². The van der Waals surface area contributed by atoms with Gasteiger partial charge in [0.15, 0.2) is 11.5 Å². The highest BCUT2D eigenvalue weighted by Gasteiger charge is 2.38. The smallest absolute Gasteiger partial charge is 0.351 e. The number of nitro groups is 1. The number of ether oxygens (including phenoxy) is 2. The molecule has 0 heterocycles. The molecule has 0 fully saturated rings. The Kier molecular flexibility index (Phi) is 6.96. The Morgan fingerprint density at radius 3 is 2.04 bits per heavy atom. The first kappa shape index (κ1) is 19.4. The molecule has 0 spiro atoms. The lowest BCUT2D eigenvalue weighted by atomic mass is 10.1. The predicted octanol–water partition coefficient (Wildman–Crippen LogP) is 2.84. The highest BCUT2D eigenvalue weighted by Crippen LogP contribution is 2.60. The van der Waals surface area contributed by atoms with E-state index in [2.05, 4.69) is 0 Å².